The van der Waals surface area contributed by atoms with Gasteiger partial charge in [0.2, 0.25) is 11.8 Å². The molecule has 0 bridgehead atoms. The van der Waals surface area contributed by atoms with Crippen LogP contribution < -0.4 is 9.64 Å². The second-order valence-electron chi connectivity index (χ2n) is 6.26. The summed E-state index contributed by atoms with van der Waals surface area (Å²) < 4.78 is 16.2. The molecule has 2 amide bonds. The molecule has 2 aromatic carbocycles. The Labute approximate surface area is 162 Å². The molecule has 0 atom stereocenters. The zero-order chi connectivity index (χ0) is 20.1. The maximum atomic E-state index is 12.4. The van der Waals surface area contributed by atoms with Crippen LogP contribution in [0.1, 0.15) is 31.2 Å². The van der Waals surface area contributed by atoms with Crippen LogP contribution in [0.3, 0.4) is 0 Å². The first kappa shape index (κ1) is 19.4. The summed E-state index contributed by atoms with van der Waals surface area (Å²) in [5, 5.41) is 0. The SMILES string of the molecule is CCCC(=O)N(C(=O)OC)c1ccc(OCc2nc3ccccc3o2)cc1C. The van der Waals surface area contributed by atoms with Crippen molar-refractivity contribution in [1.29, 1.82) is 0 Å². The molecule has 0 aliphatic heterocycles. The lowest BCUT2D eigenvalue weighted by molar-refractivity contribution is -0.118. The van der Waals surface area contributed by atoms with Crippen molar-refractivity contribution in [2.45, 2.75) is 33.3 Å². The van der Waals surface area contributed by atoms with E-state index in [1.807, 2.05) is 31.2 Å². The lowest BCUT2D eigenvalue weighted by atomic mass is 10.1. The Morgan fingerprint density at radius 1 is 1.18 bits per heavy atom. The number of rotatable bonds is 6. The van der Waals surface area contributed by atoms with Gasteiger partial charge in [0, 0.05) is 6.42 Å². The number of nitrogens with zero attached hydrogens (tertiary/aromatic N) is 2. The highest BCUT2D eigenvalue weighted by atomic mass is 16.5. The van der Waals surface area contributed by atoms with Crippen molar-refractivity contribution in [3.63, 3.8) is 0 Å². The van der Waals surface area contributed by atoms with Crippen molar-refractivity contribution < 1.29 is 23.5 Å². The van der Waals surface area contributed by atoms with Crippen LogP contribution >= 0.6 is 0 Å². The first-order valence-corrected chi connectivity index (χ1v) is 9.02. The number of ether oxygens (including phenoxy) is 2. The summed E-state index contributed by atoms with van der Waals surface area (Å²) in [4.78, 5) is 29.9. The summed E-state index contributed by atoms with van der Waals surface area (Å²) in [6, 6.07) is 12.6. The standard InChI is InChI=1S/C21H22N2O5/c1-4-7-20(24)23(21(25)26-3)17-11-10-15(12-14(17)2)27-13-19-22-16-8-5-6-9-18(16)28-19/h5-6,8-12H,4,7,13H2,1-3H3. The van der Waals surface area contributed by atoms with Crippen molar-refractivity contribution in [2.75, 3.05) is 12.0 Å². The Hall–Kier alpha value is -3.35. The van der Waals surface area contributed by atoms with Crippen molar-refractivity contribution in [3.8, 4) is 5.75 Å². The molecule has 0 aliphatic carbocycles. The van der Waals surface area contributed by atoms with E-state index in [0.717, 1.165) is 10.4 Å². The smallest absolute Gasteiger partial charge is 0.420 e. The molecule has 0 fully saturated rings. The van der Waals surface area contributed by atoms with Crippen molar-refractivity contribution in [2.24, 2.45) is 0 Å². The van der Waals surface area contributed by atoms with Gasteiger partial charge in [0.15, 0.2) is 12.2 Å². The zero-order valence-corrected chi connectivity index (χ0v) is 16.1. The van der Waals surface area contributed by atoms with Gasteiger partial charge in [-0.3, -0.25) is 4.79 Å². The second-order valence-corrected chi connectivity index (χ2v) is 6.26. The van der Waals surface area contributed by atoms with Crippen LogP contribution in [0.2, 0.25) is 0 Å². The number of benzene rings is 2. The van der Waals surface area contributed by atoms with Crippen LogP contribution in [0.15, 0.2) is 46.9 Å². The molecule has 3 rings (SSSR count). The minimum Gasteiger partial charge on any atom is -0.484 e. The number of hydrogen-bond donors (Lipinski definition) is 0. The van der Waals surface area contributed by atoms with E-state index in [1.165, 1.54) is 7.11 Å². The molecular weight excluding hydrogens is 360 g/mol. The van der Waals surface area contributed by atoms with Gasteiger partial charge in [0.25, 0.3) is 0 Å². The molecule has 3 aromatic rings. The molecule has 7 heteroatoms. The molecule has 0 unspecified atom stereocenters. The minimum absolute atomic E-state index is 0.170. The quantitative estimate of drug-likeness (QED) is 0.619. The Morgan fingerprint density at radius 3 is 2.64 bits per heavy atom. The van der Waals surface area contributed by atoms with Gasteiger partial charge < -0.3 is 13.9 Å². The summed E-state index contributed by atoms with van der Waals surface area (Å²) in [6.07, 6.45) is 0.184. The third-order valence-electron chi connectivity index (χ3n) is 4.18. The largest absolute Gasteiger partial charge is 0.484 e. The highest BCUT2D eigenvalue weighted by Gasteiger charge is 2.25. The third-order valence-corrected chi connectivity index (χ3v) is 4.18. The number of oxazole rings is 1. The molecule has 146 valence electrons. The topological polar surface area (TPSA) is 81.9 Å². The van der Waals surface area contributed by atoms with Crippen LogP contribution in [-0.4, -0.2) is 24.1 Å². The number of aryl methyl sites for hydroxylation is 1. The number of carbonyl (C=O) groups is 2. The predicted molar refractivity (Wildman–Crippen MR) is 104 cm³/mol. The number of carbonyl (C=O) groups excluding carboxylic acids is 2. The monoisotopic (exact) mass is 382 g/mol. The van der Waals surface area contributed by atoms with E-state index in [4.69, 9.17) is 13.9 Å². The molecule has 1 heterocycles. The number of imide groups is 1. The average molecular weight is 382 g/mol. The van der Waals surface area contributed by atoms with E-state index < -0.39 is 6.09 Å². The number of hydrogen-bond acceptors (Lipinski definition) is 6. The van der Waals surface area contributed by atoms with Crippen molar-refractivity contribution in [1.82, 2.24) is 4.98 Å². The number of methoxy groups -OCH3 is 1. The molecule has 7 nitrogen and oxygen atoms in total. The Morgan fingerprint density at radius 2 is 1.96 bits per heavy atom. The lowest BCUT2D eigenvalue weighted by Crippen LogP contribution is -2.37. The second kappa shape index (κ2) is 8.56. The van der Waals surface area contributed by atoms with E-state index >= 15 is 0 Å². The minimum atomic E-state index is -0.707. The van der Waals surface area contributed by atoms with E-state index in [0.29, 0.717) is 34.9 Å². The summed E-state index contributed by atoms with van der Waals surface area (Å²) in [5.74, 6) is 0.742. The Bertz CT molecular complexity index is 962. The van der Waals surface area contributed by atoms with Crippen LogP contribution in [0, 0.1) is 6.92 Å². The normalized spacial score (nSPS) is 10.7. The fraction of sp³-hybridized carbons (Fsp3) is 0.286. The van der Waals surface area contributed by atoms with Crippen LogP contribution in [0.4, 0.5) is 10.5 Å². The highest BCUT2D eigenvalue weighted by molar-refractivity contribution is 6.12. The van der Waals surface area contributed by atoms with E-state index in [9.17, 15) is 9.59 Å². The van der Waals surface area contributed by atoms with Gasteiger partial charge in [-0.1, -0.05) is 19.1 Å². The summed E-state index contributed by atoms with van der Waals surface area (Å²) in [7, 11) is 1.25. The zero-order valence-electron chi connectivity index (χ0n) is 16.1. The molecular formula is C21H22N2O5. The Kier molecular flexibility index (Phi) is 5.93. The van der Waals surface area contributed by atoms with E-state index in [1.54, 1.807) is 25.1 Å². The van der Waals surface area contributed by atoms with Gasteiger partial charge in [-0.25, -0.2) is 14.7 Å². The van der Waals surface area contributed by atoms with Gasteiger partial charge in [0.1, 0.15) is 11.3 Å². The number of anilines is 1. The molecule has 28 heavy (non-hydrogen) atoms. The first-order valence-electron chi connectivity index (χ1n) is 9.02. The highest BCUT2D eigenvalue weighted by Crippen LogP contribution is 2.27. The number of para-hydroxylation sites is 2. The van der Waals surface area contributed by atoms with Gasteiger partial charge in [0.05, 0.1) is 12.8 Å². The molecule has 0 N–H and O–H groups in total. The first-order chi connectivity index (χ1) is 13.5. The third kappa shape index (κ3) is 4.14. The van der Waals surface area contributed by atoms with Gasteiger partial charge in [-0.2, -0.15) is 0 Å². The molecule has 1 aromatic heterocycles. The summed E-state index contributed by atoms with van der Waals surface area (Å²) in [6.45, 7) is 3.85. The van der Waals surface area contributed by atoms with Crippen molar-refractivity contribution in [3.05, 3.63) is 53.9 Å². The molecule has 0 saturated heterocycles. The molecule has 0 radical (unpaired) electrons. The number of amides is 2. The van der Waals surface area contributed by atoms with Crippen LogP contribution in [0.5, 0.6) is 5.75 Å². The summed E-state index contributed by atoms with van der Waals surface area (Å²) >= 11 is 0. The predicted octanol–water partition coefficient (Wildman–Crippen LogP) is 4.61. The van der Waals surface area contributed by atoms with Gasteiger partial charge in [-0.05, 0) is 49.2 Å². The number of fused-ring (bicyclic) bond motifs is 1. The maximum absolute atomic E-state index is 12.4. The molecule has 0 spiro atoms. The fourth-order valence-corrected chi connectivity index (χ4v) is 2.85. The molecule has 0 aliphatic rings. The van der Waals surface area contributed by atoms with Gasteiger partial charge in [-0.15, -0.1) is 0 Å². The van der Waals surface area contributed by atoms with E-state index in [2.05, 4.69) is 4.98 Å². The van der Waals surface area contributed by atoms with Crippen LogP contribution in [0.25, 0.3) is 11.1 Å². The van der Waals surface area contributed by atoms with E-state index in [-0.39, 0.29) is 18.9 Å². The van der Waals surface area contributed by atoms with Crippen molar-refractivity contribution >= 4 is 28.8 Å². The fourth-order valence-electron chi connectivity index (χ4n) is 2.85. The van der Waals surface area contributed by atoms with Gasteiger partial charge >= 0.3 is 6.09 Å². The average Bonchev–Trinajstić information content (AvgIpc) is 3.11. The summed E-state index contributed by atoms with van der Waals surface area (Å²) in [5.41, 5.74) is 2.66. The van der Waals surface area contributed by atoms with Crippen LogP contribution in [-0.2, 0) is 16.1 Å². The Balaban J connectivity index is 1.76. The lowest BCUT2D eigenvalue weighted by Gasteiger charge is -2.21. The maximum Gasteiger partial charge on any atom is 0.420 e. The molecule has 0 saturated carbocycles. The number of aromatic nitrogens is 1.